The summed E-state index contributed by atoms with van der Waals surface area (Å²) in [5, 5.41) is 6.67. The van der Waals surface area contributed by atoms with Crippen LogP contribution in [0.25, 0.3) is 10.2 Å². The monoisotopic (exact) mass is 510 g/mol. The Morgan fingerprint density at radius 2 is 2.03 bits per heavy atom. The Kier molecular flexibility index (Phi) is 8.72. The molecular formula is C26H30N4O5S. The van der Waals surface area contributed by atoms with Gasteiger partial charge in [-0.1, -0.05) is 12.1 Å². The van der Waals surface area contributed by atoms with Crippen molar-refractivity contribution in [2.45, 2.75) is 25.7 Å². The molecule has 2 aromatic carbocycles. The van der Waals surface area contributed by atoms with Crippen LogP contribution in [-0.2, 0) is 16.0 Å². The van der Waals surface area contributed by atoms with E-state index in [1.54, 1.807) is 41.5 Å². The standard InChI is InChI=1S/C26H30N4O5S/c1-34-18-10-11-19-21(16-18)35-15-13-27-23(31)17-30(14-5-12-28-26(19)33)25(32)9-4-8-24-29-20-6-2-3-7-22(20)36-24/h2-3,6-7,10-11,16H,4-5,8-9,12-15,17H2,1H3,(H,27,31)(H,28,33). The van der Waals surface area contributed by atoms with Gasteiger partial charge in [-0.2, -0.15) is 0 Å². The van der Waals surface area contributed by atoms with E-state index in [9.17, 15) is 14.4 Å². The van der Waals surface area contributed by atoms with E-state index in [1.165, 1.54) is 0 Å². The van der Waals surface area contributed by atoms with Crippen molar-refractivity contribution in [2.24, 2.45) is 0 Å². The van der Waals surface area contributed by atoms with E-state index < -0.39 is 0 Å². The zero-order valence-corrected chi connectivity index (χ0v) is 21.1. The number of rotatable bonds is 5. The number of nitrogens with zero attached hydrogens (tertiary/aromatic N) is 2. The number of hydrogen-bond acceptors (Lipinski definition) is 7. The molecule has 10 heteroatoms. The van der Waals surface area contributed by atoms with Crippen LogP contribution in [0, 0.1) is 0 Å². The molecule has 1 aliphatic rings. The number of nitrogens with one attached hydrogen (secondary N) is 2. The maximum atomic E-state index is 12.9. The van der Waals surface area contributed by atoms with Crippen molar-refractivity contribution in [3.8, 4) is 11.5 Å². The van der Waals surface area contributed by atoms with E-state index in [-0.39, 0.29) is 37.4 Å². The van der Waals surface area contributed by atoms with E-state index in [0.29, 0.717) is 55.8 Å². The Hall–Kier alpha value is -3.66. The molecule has 0 saturated carbocycles. The number of aromatic nitrogens is 1. The third-order valence-electron chi connectivity index (χ3n) is 5.81. The first-order valence-corrected chi connectivity index (χ1v) is 12.8. The number of carbonyl (C=O) groups excluding carboxylic acids is 3. The molecule has 2 heterocycles. The lowest BCUT2D eigenvalue weighted by atomic mass is 10.1. The van der Waals surface area contributed by atoms with Crippen molar-refractivity contribution in [2.75, 3.05) is 39.9 Å². The van der Waals surface area contributed by atoms with Gasteiger partial charge >= 0.3 is 0 Å². The van der Waals surface area contributed by atoms with Gasteiger partial charge < -0.3 is 25.0 Å². The number of amides is 3. The minimum atomic E-state index is -0.262. The molecule has 0 bridgehead atoms. The summed E-state index contributed by atoms with van der Waals surface area (Å²) in [5.74, 6) is 0.373. The van der Waals surface area contributed by atoms with E-state index >= 15 is 0 Å². The number of thiazole rings is 1. The zero-order chi connectivity index (χ0) is 25.3. The second kappa shape index (κ2) is 12.3. The summed E-state index contributed by atoms with van der Waals surface area (Å²) in [6.07, 6.45) is 2.22. The maximum Gasteiger partial charge on any atom is 0.255 e. The number of benzene rings is 2. The summed E-state index contributed by atoms with van der Waals surface area (Å²) in [6, 6.07) is 13.0. The van der Waals surface area contributed by atoms with Crippen molar-refractivity contribution < 1.29 is 23.9 Å². The second-order valence-electron chi connectivity index (χ2n) is 8.41. The van der Waals surface area contributed by atoms with Crippen molar-refractivity contribution in [3.05, 3.63) is 53.0 Å². The lowest BCUT2D eigenvalue weighted by Crippen LogP contribution is -2.43. The number of aryl methyl sites for hydroxylation is 1. The molecule has 0 saturated heterocycles. The van der Waals surface area contributed by atoms with Gasteiger partial charge in [-0.15, -0.1) is 11.3 Å². The van der Waals surface area contributed by atoms with Gasteiger partial charge in [0.15, 0.2) is 0 Å². The lowest BCUT2D eigenvalue weighted by Gasteiger charge is -2.23. The Labute approximate surface area is 213 Å². The van der Waals surface area contributed by atoms with Crippen LogP contribution >= 0.6 is 11.3 Å². The second-order valence-corrected chi connectivity index (χ2v) is 9.53. The molecular weight excluding hydrogens is 480 g/mol. The SMILES string of the molecule is COc1ccc2c(c1)OCCNC(=O)CN(C(=O)CCCc1nc3ccccc3s1)CCCNC2=O. The topological polar surface area (TPSA) is 110 Å². The normalized spacial score (nSPS) is 15.3. The Morgan fingerprint density at radius 3 is 2.86 bits per heavy atom. The first-order chi connectivity index (χ1) is 17.5. The third-order valence-corrected chi connectivity index (χ3v) is 6.91. The van der Waals surface area contributed by atoms with E-state index in [4.69, 9.17) is 9.47 Å². The highest BCUT2D eigenvalue weighted by Crippen LogP contribution is 2.25. The Balaban J connectivity index is 1.34. The van der Waals surface area contributed by atoms with Crippen LogP contribution in [0.2, 0.25) is 0 Å². The van der Waals surface area contributed by atoms with Crippen LogP contribution in [0.4, 0.5) is 0 Å². The van der Waals surface area contributed by atoms with Gasteiger partial charge in [0.05, 0.1) is 41.0 Å². The summed E-state index contributed by atoms with van der Waals surface area (Å²) in [5.41, 5.74) is 1.37. The van der Waals surface area contributed by atoms with Crippen LogP contribution in [0.15, 0.2) is 42.5 Å². The molecule has 190 valence electrons. The molecule has 0 radical (unpaired) electrons. The summed E-state index contributed by atoms with van der Waals surface area (Å²) < 4.78 is 12.1. The summed E-state index contributed by atoms with van der Waals surface area (Å²) in [6.45, 7) is 1.13. The predicted molar refractivity (Wildman–Crippen MR) is 138 cm³/mol. The summed E-state index contributed by atoms with van der Waals surface area (Å²) in [7, 11) is 1.54. The number of methoxy groups -OCH3 is 1. The van der Waals surface area contributed by atoms with Gasteiger partial charge in [0.2, 0.25) is 11.8 Å². The molecule has 0 unspecified atom stereocenters. The van der Waals surface area contributed by atoms with Gasteiger partial charge in [0, 0.05) is 25.6 Å². The van der Waals surface area contributed by atoms with Gasteiger partial charge in [-0.05, 0) is 43.5 Å². The average molecular weight is 511 g/mol. The minimum absolute atomic E-state index is 0.0294. The number of fused-ring (bicyclic) bond motifs is 2. The summed E-state index contributed by atoms with van der Waals surface area (Å²) >= 11 is 1.64. The van der Waals surface area contributed by atoms with Gasteiger partial charge in [0.1, 0.15) is 18.1 Å². The molecule has 0 spiro atoms. The van der Waals surface area contributed by atoms with E-state index in [0.717, 1.165) is 15.2 Å². The molecule has 2 N–H and O–H groups in total. The highest BCUT2D eigenvalue weighted by atomic mass is 32.1. The molecule has 0 atom stereocenters. The number of carbonyl (C=O) groups is 3. The first-order valence-electron chi connectivity index (χ1n) is 12.0. The van der Waals surface area contributed by atoms with Crippen LogP contribution in [-0.4, -0.2) is 67.5 Å². The molecule has 1 aliphatic heterocycles. The molecule has 9 nitrogen and oxygen atoms in total. The van der Waals surface area contributed by atoms with Crippen molar-refractivity contribution in [1.29, 1.82) is 0 Å². The average Bonchev–Trinajstić information content (AvgIpc) is 3.30. The summed E-state index contributed by atoms with van der Waals surface area (Å²) in [4.78, 5) is 44.3. The fourth-order valence-electron chi connectivity index (χ4n) is 3.95. The highest BCUT2D eigenvalue weighted by Gasteiger charge is 2.19. The molecule has 4 rings (SSSR count). The van der Waals surface area contributed by atoms with E-state index in [1.807, 2.05) is 24.3 Å². The largest absolute Gasteiger partial charge is 0.497 e. The fraction of sp³-hybridized carbons (Fsp3) is 0.385. The predicted octanol–water partition coefficient (Wildman–Crippen LogP) is 2.78. The van der Waals surface area contributed by atoms with Crippen LogP contribution < -0.4 is 20.1 Å². The lowest BCUT2D eigenvalue weighted by molar-refractivity contribution is -0.136. The van der Waals surface area contributed by atoms with Gasteiger partial charge in [0.25, 0.3) is 5.91 Å². The molecule has 0 aliphatic carbocycles. The molecule has 0 fully saturated rings. The minimum Gasteiger partial charge on any atom is -0.497 e. The van der Waals surface area contributed by atoms with Gasteiger partial charge in [-0.3, -0.25) is 14.4 Å². The van der Waals surface area contributed by atoms with Crippen molar-refractivity contribution in [3.63, 3.8) is 0 Å². The quantitative estimate of drug-likeness (QED) is 0.546. The number of hydrogen-bond donors (Lipinski definition) is 2. The van der Waals surface area contributed by atoms with Crippen LogP contribution in [0.1, 0.15) is 34.6 Å². The van der Waals surface area contributed by atoms with Crippen molar-refractivity contribution >= 4 is 39.3 Å². The maximum absolute atomic E-state index is 12.9. The third kappa shape index (κ3) is 6.72. The molecule has 3 aromatic rings. The zero-order valence-electron chi connectivity index (χ0n) is 20.2. The smallest absolute Gasteiger partial charge is 0.255 e. The molecule has 36 heavy (non-hydrogen) atoms. The number of para-hydroxylation sites is 1. The first kappa shape index (κ1) is 25.4. The van der Waals surface area contributed by atoms with Crippen LogP contribution in [0.3, 0.4) is 0 Å². The van der Waals surface area contributed by atoms with Gasteiger partial charge in [-0.25, -0.2) is 4.98 Å². The molecule has 3 amide bonds. The van der Waals surface area contributed by atoms with E-state index in [2.05, 4.69) is 15.6 Å². The van der Waals surface area contributed by atoms with Crippen molar-refractivity contribution in [1.82, 2.24) is 20.5 Å². The Bertz CT molecular complexity index is 1200. The number of ether oxygens (including phenoxy) is 2. The highest BCUT2D eigenvalue weighted by molar-refractivity contribution is 7.18. The fourth-order valence-corrected chi connectivity index (χ4v) is 4.96. The Morgan fingerprint density at radius 1 is 1.17 bits per heavy atom. The van der Waals surface area contributed by atoms with Crippen LogP contribution in [0.5, 0.6) is 11.5 Å². The molecule has 1 aromatic heterocycles.